The van der Waals surface area contributed by atoms with Gasteiger partial charge in [0.1, 0.15) is 11.5 Å². The molecule has 0 spiro atoms. The van der Waals surface area contributed by atoms with Gasteiger partial charge in [0.05, 0.1) is 4.92 Å². The van der Waals surface area contributed by atoms with E-state index in [-0.39, 0.29) is 11.2 Å². The van der Waals surface area contributed by atoms with Crippen LogP contribution in [0.2, 0.25) is 0 Å². The molecule has 1 fully saturated rings. The maximum atomic E-state index is 10.7. The first-order chi connectivity index (χ1) is 8.00. The Labute approximate surface area is 100 Å². The molecular weight excluding hydrogens is 218 g/mol. The van der Waals surface area contributed by atoms with Crippen LogP contribution >= 0.6 is 0 Å². The molecule has 2 rings (SSSR count). The van der Waals surface area contributed by atoms with E-state index in [0.29, 0.717) is 5.69 Å². The number of anilines is 1. The lowest BCUT2D eigenvalue weighted by atomic mass is 10.0. The molecule has 0 amide bonds. The van der Waals surface area contributed by atoms with Gasteiger partial charge in [0.2, 0.25) is 0 Å². The van der Waals surface area contributed by atoms with Crippen LogP contribution in [0.1, 0.15) is 38.3 Å². The standard InChI is InChI=1S/C12H17N3O2/c1-9-10(15(16)17)5-6-11(13-9)14-12(2)7-3-4-8-12/h5-6H,3-4,7-8H2,1-2H3,(H,13,14). The molecule has 1 aromatic rings. The highest BCUT2D eigenvalue weighted by atomic mass is 16.6. The smallest absolute Gasteiger partial charge is 0.290 e. The number of nitrogens with one attached hydrogen (secondary N) is 1. The minimum absolute atomic E-state index is 0.0760. The molecule has 1 aliphatic rings. The van der Waals surface area contributed by atoms with Gasteiger partial charge >= 0.3 is 0 Å². The first-order valence-electron chi connectivity index (χ1n) is 5.90. The predicted octanol–water partition coefficient (Wildman–Crippen LogP) is 3.04. The van der Waals surface area contributed by atoms with Crippen molar-refractivity contribution in [1.29, 1.82) is 0 Å². The van der Waals surface area contributed by atoms with E-state index in [1.807, 2.05) is 0 Å². The number of hydrogen-bond acceptors (Lipinski definition) is 4. The number of nitro groups is 1. The summed E-state index contributed by atoms with van der Waals surface area (Å²) < 4.78 is 0. The number of nitrogens with zero attached hydrogens (tertiary/aromatic N) is 2. The van der Waals surface area contributed by atoms with Gasteiger partial charge in [0.25, 0.3) is 5.69 Å². The van der Waals surface area contributed by atoms with Gasteiger partial charge in [0.15, 0.2) is 0 Å². The Hall–Kier alpha value is -1.65. The normalized spacial score (nSPS) is 18.0. The van der Waals surface area contributed by atoms with E-state index in [9.17, 15) is 10.1 Å². The highest BCUT2D eigenvalue weighted by Crippen LogP contribution is 2.32. The molecule has 0 aromatic carbocycles. The zero-order valence-electron chi connectivity index (χ0n) is 10.2. The Morgan fingerprint density at radius 1 is 1.41 bits per heavy atom. The molecule has 17 heavy (non-hydrogen) atoms. The maximum Gasteiger partial charge on any atom is 0.290 e. The Kier molecular flexibility index (Phi) is 3.00. The third-order valence-corrected chi connectivity index (χ3v) is 3.39. The van der Waals surface area contributed by atoms with Crippen LogP contribution in [0.15, 0.2) is 12.1 Å². The predicted molar refractivity (Wildman–Crippen MR) is 66.1 cm³/mol. The van der Waals surface area contributed by atoms with Crippen molar-refractivity contribution in [2.75, 3.05) is 5.32 Å². The first-order valence-corrected chi connectivity index (χ1v) is 5.90. The topological polar surface area (TPSA) is 68.1 Å². The lowest BCUT2D eigenvalue weighted by molar-refractivity contribution is -0.385. The van der Waals surface area contributed by atoms with E-state index >= 15 is 0 Å². The minimum atomic E-state index is -0.399. The van der Waals surface area contributed by atoms with Crippen LogP contribution < -0.4 is 5.32 Å². The molecule has 0 radical (unpaired) electrons. The van der Waals surface area contributed by atoms with E-state index < -0.39 is 4.92 Å². The molecule has 0 saturated heterocycles. The third-order valence-electron chi connectivity index (χ3n) is 3.39. The largest absolute Gasteiger partial charge is 0.365 e. The van der Waals surface area contributed by atoms with E-state index in [2.05, 4.69) is 17.2 Å². The van der Waals surface area contributed by atoms with Crippen LogP contribution in [0.5, 0.6) is 0 Å². The summed E-state index contributed by atoms with van der Waals surface area (Å²) in [6, 6.07) is 3.21. The molecule has 1 aromatic heterocycles. The Morgan fingerprint density at radius 3 is 2.59 bits per heavy atom. The van der Waals surface area contributed by atoms with Crippen LogP contribution in [0.3, 0.4) is 0 Å². The molecule has 1 N–H and O–H groups in total. The Balaban J connectivity index is 2.17. The van der Waals surface area contributed by atoms with Crippen molar-refractivity contribution in [2.24, 2.45) is 0 Å². The van der Waals surface area contributed by atoms with Crippen LogP contribution in [0.25, 0.3) is 0 Å². The molecule has 0 bridgehead atoms. The molecular formula is C12H17N3O2. The van der Waals surface area contributed by atoms with Gasteiger partial charge in [-0.05, 0) is 32.8 Å². The zero-order chi connectivity index (χ0) is 12.5. The molecule has 1 heterocycles. The zero-order valence-corrected chi connectivity index (χ0v) is 10.2. The SMILES string of the molecule is Cc1nc(NC2(C)CCCC2)ccc1[N+](=O)[O-]. The van der Waals surface area contributed by atoms with E-state index in [0.717, 1.165) is 18.7 Å². The second kappa shape index (κ2) is 4.31. The highest BCUT2D eigenvalue weighted by molar-refractivity contribution is 5.46. The fourth-order valence-electron chi connectivity index (χ4n) is 2.41. The summed E-state index contributed by atoms with van der Waals surface area (Å²) in [5, 5.41) is 14.1. The second-order valence-corrected chi connectivity index (χ2v) is 4.95. The summed E-state index contributed by atoms with van der Waals surface area (Å²) in [4.78, 5) is 14.5. The Morgan fingerprint density at radius 2 is 2.06 bits per heavy atom. The molecule has 5 nitrogen and oxygen atoms in total. The van der Waals surface area contributed by atoms with Crippen molar-refractivity contribution in [3.05, 3.63) is 27.9 Å². The van der Waals surface area contributed by atoms with Crippen LogP contribution in [0, 0.1) is 17.0 Å². The highest BCUT2D eigenvalue weighted by Gasteiger charge is 2.28. The molecule has 92 valence electrons. The van der Waals surface area contributed by atoms with Crippen molar-refractivity contribution in [1.82, 2.24) is 4.98 Å². The van der Waals surface area contributed by atoms with Crippen LogP contribution in [-0.2, 0) is 0 Å². The number of aromatic nitrogens is 1. The maximum absolute atomic E-state index is 10.7. The fraction of sp³-hybridized carbons (Fsp3) is 0.583. The van der Waals surface area contributed by atoms with Crippen molar-refractivity contribution in [3.8, 4) is 0 Å². The number of aryl methyl sites for hydroxylation is 1. The molecule has 1 saturated carbocycles. The van der Waals surface area contributed by atoms with E-state index in [4.69, 9.17) is 0 Å². The van der Waals surface area contributed by atoms with Gasteiger partial charge in [-0.2, -0.15) is 0 Å². The number of pyridine rings is 1. The Bertz CT molecular complexity index is 439. The number of hydrogen-bond donors (Lipinski definition) is 1. The van der Waals surface area contributed by atoms with Crippen LogP contribution in [-0.4, -0.2) is 15.4 Å². The van der Waals surface area contributed by atoms with Gasteiger partial charge < -0.3 is 5.32 Å². The summed E-state index contributed by atoms with van der Waals surface area (Å²) in [5.74, 6) is 0.734. The van der Waals surface area contributed by atoms with Crippen molar-refractivity contribution >= 4 is 11.5 Å². The summed E-state index contributed by atoms with van der Waals surface area (Å²) in [6.45, 7) is 3.85. The molecule has 0 unspecified atom stereocenters. The van der Waals surface area contributed by atoms with E-state index in [1.165, 1.54) is 18.9 Å². The fourth-order valence-corrected chi connectivity index (χ4v) is 2.41. The van der Waals surface area contributed by atoms with Crippen molar-refractivity contribution in [2.45, 2.75) is 45.1 Å². The second-order valence-electron chi connectivity index (χ2n) is 4.95. The van der Waals surface area contributed by atoms with Crippen molar-refractivity contribution in [3.63, 3.8) is 0 Å². The lowest BCUT2D eigenvalue weighted by Crippen LogP contribution is -2.31. The third kappa shape index (κ3) is 2.54. The lowest BCUT2D eigenvalue weighted by Gasteiger charge is -2.26. The van der Waals surface area contributed by atoms with E-state index in [1.54, 1.807) is 13.0 Å². The number of rotatable bonds is 3. The molecule has 1 aliphatic carbocycles. The van der Waals surface area contributed by atoms with Gasteiger partial charge in [-0.1, -0.05) is 12.8 Å². The monoisotopic (exact) mass is 235 g/mol. The summed E-state index contributed by atoms with van der Waals surface area (Å²) in [5.41, 5.74) is 0.629. The molecule has 0 atom stereocenters. The molecule has 0 aliphatic heterocycles. The van der Waals surface area contributed by atoms with Gasteiger partial charge in [0, 0.05) is 11.6 Å². The summed E-state index contributed by atoms with van der Waals surface area (Å²) in [6.07, 6.45) is 4.72. The van der Waals surface area contributed by atoms with Crippen LogP contribution in [0.4, 0.5) is 11.5 Å². The average molecular weight is 235 g/mol. The van der Waals surface area contributed by atoms with Crippen molar-refractivity contribution < 1.29 is 4.92 Å². The quantitative estimate of drug-likeness (QED) is 0.645. The summed E-state index contributed by atoms with van der Waals surface area (Å²) in [7, 11) is 0. The average Bonchev–Trinajstić information content (AvgIpc) is 2.64. The van der Waals surface area contributed by atoms with Gasteiger partial charge in [-0.3, -0.25) is 10.1 Å². The molecule has 5 heteroatoms. The minimum Gasteiger partial charge on any atom is -0.365 e. The van der Waals surface area contributed by atoms with Gasteiger partial charge in [-0.15, -0.1) is 0 Å². The summed E-state index contributed by atoms with van der Waals surface area (Å²) >= 11 is 0. The first kappa shape index (κ1) is 11.8. The van der Waals surface area contributed by atoms with Gasteiger partial charge in [-0.25, -0.2) is 4.98 Å².